The third-order valence-electron chi connectivity index (χ3n) is 4.95. The number of esters is 1. The van der Waals surface area contributed by atoms with Crippen molar-refractivity contribution in [3.05, 3.63) is 77.0 Å². The van der Waals surface area contributed by atoms with E-state index in [0.29, 0.717) is 29.2 Å². The van der Waals surface area contributed by atoms with Crippen LogP contribution < -0.4 is 9.47 Å². The monoisotopic (exact) mass is 423 g/mol. The molecule has 0 bridgehead atoms. The van der Waals surface area contributed by atoms with Crippen LogP contribution in [0.3, 0.4) is 0 Å². The number of hydrogen-bond acceptors (Lipinski definition) is 6. The molecule has 1 aromatic carbocycles. The second-order valence-corrected chi connectivity index (χ2v) is 6.90. The third kappa shape index (κ3) is 5.06. The van der Waals surface area contributed by atoms with Gasteiger partial charge in [0.05, 0.1) is 27.0 Å². The number of furan rings is 1. The molecule has 0 spiro atoms. The van der Waals surface area contributed by atoms with Gasteiger partial charge in [-0.2, -0.15) is 0 Å². The summed E-state index contributed by atoms with van der Waals surface area (Å²) in [5, 5.41) is 0. The number of carbonyl (C=O) groups is 2. The summed E-state index contributed by atoms with van der Waals surface area (Å²) in [5.74, 6) is 0.972. The van der Waals surface area contributed by atoms with Crippen LogP contribution in [-0.4, -0.2) is 37.1 Å². The lowest BCUT2D eigenvalue weighted by Gasteiger charge is -2.09. The van der Waals surface area contributed by atoms with E-state index in [1.807, 2.05) is 30.5 Å². The molecule has 0 aliphatic rings. The summed E-state index contributed by atoms with van der Waals surface area (Å²) in [6.07, 6.45) is 4.43. The molecule has 0 atom stereocenters. The molecule has 0 unspecified atom stereocenters. The van der Waals surface area contributed by atoms with Gasteiger partial charge in [-0.05, 0) is 44.2 Å². The molecule has 7 nitrogen and oxygen atoms in total. The Bertz CT molecular complexity index is 1090. The van der Waals surface area contributed by atoms with Gasteiger partial charge in [0, 0.05) is 28.6 Å². The minimum absolute atomic E-state index is 0.264. The summed E-state index contributed by atoms with van der Waals surface area (Å²) >= 11 is 0. The molecule has 0 aliphatic heterocycles. The van der Waals surface area contributed by atoms with Crippen molar-refractivity contribution < 1.29 is 28.2 Å². The smallest absolute Gasteiger partial charge is 0.331 e. The van der Waals surface area contributed by atoms with Crippen LogP contribution in [-0.2, 0) is 16.1 Å². The second kappa shape index (κ2) is 9.84. The molecule has 0 amide bonds. The third-order valence-corrected chi connectivity index (χ3v) is 4.95. The summed E-state index contributed by atoms with van der Waals surface area (Å²) in [7, 11) is 3.06. The van der Waals surface area contributed by atoms with E-state index in [-0.39, 0.29) is 12.4 Å². The average Bonchev–Trinajstić information content (AvgIpc) is 3.39. The molecule has 3 aromatic rings. The Morgan fingerprint density at radius 1 is 1.10 bits per heavy atom. The average molecular weight is 423 g/mol. The highest BCUT2D eigenvalue weighted by molar-refractivity contribution is 6.00. The van der Waals surface area contributed by atoms with Crippen LogP contribution in [0.25, 0.3) is 6.08 Å². The summed E-state index contributed by atoms with van der Waals surface area (Å²) in [6, 6.07) is 10.8. The van der Waals surface area contributed by atoms with Crippen molar-refractivity contribution >= 4 is 17.8 Å². The van der Waals surface area contributed by atoms with E-state index >= 15 is 0 Å². The number of ketones is 1. The first kappa shape index (κ1) is 22.0. The summed E-state index contributed by atoms with van der Waals surface area (Å²) < 4.78 is 23.1. The zero-order chi connectivity index (χ0) is 22.4. The molecular weight excluding hydrogens is 398 g/mol. The molecule has 0 N–H and O–H groups in total. The highest BCUT2D eigenvalue weighted by Crippen LogP contribution is 2.31. The van der Waals surface area contributed by atoms with E-state index in [0.717, 1.165) is 17.1 Å². The first-order valence-corrected chi connectivity index (χ1v) is 9.72. The standard InChI is InChI=1S/C24H25NO6/c1-16-13-20(17(2)25(16)14-19-8-6-12-30-19)21(26)15-31-23(27)11-10-18-7-5-9-22(28-3)24(18)29-4/h5-13H,14-15H2,1-4H3. The number of aryl methyl sites for hydroxylation is 1. The SMILES string of the molecule is COc1cccc(C=CC(=O)OCC(=O)c2cc(C)n(Cc3ccco3)c2C)c1OC. The lowest BCUT2D eigenvalue weighted by atomic mass is 10.1. The molecule has 0 fully saturated rings. The van der Waals surface area contributed by atoms with Gasteiger partial charge < -0.3 is 23.2 Å². The zero-order valence-electron chi connectivity index (χ0n) is 18.0. The van der Waals surface area contributed by atoms with Crippen molar-refractivity contribution in [2.45, 2.75) is 20.4 Å². The van der Waals surface area contributed by atoms with Gasteiger partial charge in [0.1, 0.15) is 5.76 Å². The number of benzene rings is 1. The van der Waals surface area contributed by atoms with Crippen molar-refractivity contribution in [1.82, 2.24) is 4.57 Å². The molecule has 0 saturated heterocycles. The predicted molar refractivity (Wildman–Crippen MR) is 116 cm³/mol. The van der Waals surface area contributed by atoms with Crippen LogP contribution in [0.1, 0.15) is 33.1 Å². The second-order valence-electron chi connectivity index (χ2n) is 6.90. The Morgan fingerprint density at radius 3 is 2.58 bits per heavy atom. The number of aromatic nitrogens is 1. The Hall–Kier alpha value is -3.74. The Labute approximate surface area is 180 Å². The van der Waals surface area contributed by atoms with E-state index in [9.17, 15) is 9.59 Å². The molecule has 2 heterocycles. The molecule has 31 heavy (non-hydrogen) atoms. The first-order chi connectivity index (χ1) is 14.9. The van der Waals surface area contributed by atoms with Crippen molar-refractivity contribution in [3.8, 4) is 11.5 Å². The maximum absolute atomic E-state index is 12.6. The molecule has 162 valence electrons. The van der Waals surface area contributed by atoms with Crippen LogP contribution >= 0.6 is 0 Å². The van der Waals surface area contributed by atoms with Gasteiger partial charge in [0.15, 0.2) is 18.1 Å². The van der Waals surface area contributed by atoms with Gasteiger partial charge >= 0.3 is 5.97 Å². The van der Waals surface area contributed by atoms with Crippen LogP contribution in [0, 0.1) is 13.8 Å². The Kier molecular flexibility index (Phi) is 6.97. The number of ether oxygens (including phenoxy) is 3. The summed E-state index contributed by atoms with van der Waals surface area (Å²) in [5.41, 5.74) is 2.90. The normalized spacial score (nSPS) is 11.0. The van der Waals surface area contributed by atoms with Gasteiger partial charge in [0.2, 0.25) is 5.78 Å². The van der Waals surface area contributed by atoms with Crippen molar-refractivity contribution in [2.75, 3.05) is 20.8 Å². The van der Waals surface area contributed by atoms with E-state index in [1.165, 1.54) is 20.3 Å². The molecular formula is C24H25NO6. The fourth-order valence-electron chi connectivity index (χ4n) is 3.35. The van der Waals surface area contributed by atoms with Gasteiger partial charge in [-0.25, -0.2) is 4.79 Å². The number of carbonyl (C=O) groups excluding carboxylic acids is 2. The molecule has 0 radical (unpaired) electrons. The minimum Gasteiger partial charge on any atom is -0.493 e. The number of hydrogen-bond donors (Lipinski definition) is 0. The van der Waals surface area contributed by atoms with Crippen molar-refractivity contribution in [1.29, 1.82) is 0 Å². The van der Waals surface area contributed by atoms with E-state index < -0.39 is 5.97 Å². The molecule has 7 heteroatoms. The van der Waals surface area contributed by atoms with Gasteiger partial charge in [0.25, 0.3) is 0 Å². The lowest BCUT2D eigenvalue weighted by molar-refractivity contribution is -0.136. The maximum Gasteiger partial charge on any atom is 0.331 e. The molecule has 0 aliphatic carbocycles. The number of Topliss-reactive ketones (excluding diaryl/α,β-unsaturated/α-hetero) is 1. The van der Waals surface area contributed by atoms with Crippen LogP contribution in [0.4, 0.5) is 0 Å². The quantitative estimate of drug-likeness (QED) is 0.292. The van der Waals surface area contributed by atoms with Gasteiger partial charge in [-0.3, -0.25) is 4.79 Å². The molecule has 3 rings (SSSR count). The fraction of sp³-hybridized carbons (Fsp3) is 0.250. The summed E-state index contributed by atoms with van der Waals surface area (Å²) in [4.78, 5) is 24.7. The van der Waals surface area contributed by atoms with Crippen LogP contribution in [0.2, 0.25) is 0 Å². The Balaban J connectivity index is 1.64. The number of para-hydroxylation sites is 1. The largest absolute Gasteiger partial charge is 0.493 e. The van der Waals surface area contributed by atoms with Gasteiger partial charge in [-0.15, -0.1) is 0 Å². The number of rotatable bonds is 9. The van der Waals surface area contributed by atoms with E-state index in [1.54, 1.807) is 36.6 Å². The van der Waals surface area contributed by atoms with Crippen molar-refractivity contribution in [2.24, 2.45) is 0 Å². The van der Waals surface area contributed by atoms with Crippen LogP contribution in [0.5, 0.6) is 11.5 Å². The highest BCUT2D eigenvalue weighted by Gasteiger charge is 2.17. The zero-order valence-corrected chi connectivity index (χ0v) is 18.0. The number of nitrogens with zero attached hydrogens (tertiary/aromatic N) is 1. The minimum atomic E-state index is -0.623. The summed E-state index contributed by atoms with van der Waals surface area (Å²) in [6.45, 7) is 3.97. The van der Waals surface area contributed by atoms with Crippen molar-refractivity contribution in [3.63, 3.8) is 0 Å². The maximum atomic E-state index is 12.6. The van der Waals surface area contributed by atoms with Crippen LogP contribution in [0.15, 0.2) is 53.2 Å². The predicted octanol–water partition coefficient (Wildman–Crippen LogP) is 4.20. The Morgan fingerprint density at radius 2 is 1.90 bits per heavy atom. The van der Waals surface area contributed by atoms with E-state index in [4.69, 9.17) is 18.6 Å². The molecule has 2 aromatic heterocycles. The topological polar surface area (TPSA) is 79.9 Å². The molecule has 0 saturated carbocycles. The van der Waals surface area contributed by atoms with E-state index in [2.05, 4.69) is 0 Å². The first-order valence-electron chi connectivity index (χ1n) is 9.72. The fourth-order valence-corrected chi connectivity index (χ4v) is 3.35. The lowest BCUT2D eigenvalue weighted by Crippen LogP contribution is -2.13. The van der Waals surface area contributed by atoms with Gasteiger partial charge in [-0.1, -0.05) is 12.1 Å². The number of methoxy groups -OCH3 is 2. The highest BCUT2D eigenvalue weighted by atomic mass is 16.5.